The van der Waals surface area contributed by atoms with Crippen LogP contribution in [-0.2, 0) is 0 Å². The van der Waals surface area contributed by atoms with Crippen LogP contribution in [0.25, 0.3) is 11.3 Å². The molecule has 174 valence electrons. The minimum absolute atomic E-state index is 0.00138. The largest absolute Gasteiger partial charge is 0.496 e. The molecule has 34 heavy (non-hydrogen) atoms. The first-order valence-electron chi connectivity index (χ1n) is 10.5. The van der Waals surface area contributed by atoms with E-state index < -0.39 is 0 Å². The Labute approximate surface area is 214 Å². The van der Waals surface area contributed by atoms with Gasteiger partial charge in [-0.15, -0.1) is 22.7 Å². The van der Waals surface area contributed by atoms with Crippen molar-refractivity contribution >= 4 is 49.4 Å². The Kier molecular flexibility index (Phi) is 6.58. The van der Waals surface area contributed by atoms with Crippen LogP contribution in [0.3, 0.4) is 0 Å². The minimum atomic E-state index is -0.00138. The molecule has 1 atom stereocenters. The third kappa shape index (κ3) is 4.31. The van der Waals surface area contributed by atoms with E-state index in [9.17, 15) is 0 Å². The summed E-state index contributed by atoms with van der Waals surface area (Å²) >= 11 is 6.85. The zero-order valence-corrected chi connectivity index (χ0v) is 22.0. The maximum absolute atomic E-state index is 5.56. The molecule has 0 unspecified atom stereocenters. The van der Waals surface area contributed by atoms with E-state index in [0.29, 0.717) is 11.5 Å². The van der Waals surface area contributed by atoms with Crippen LogP contribution in [0.1, 0.15) is 22.9 Å². The predicted octanol–water partition coefficient (Wildman–Crippen LogP) is 7.02. The molecule has 0 aliphatic carbocycles. The number of anilines is 1. The van der Waals surface area contributed by atoms with Crippen molar-refractivity contribution in [3.63, 3.8) is 0 Å². The van der Waals surface area contributed by atoms with Gasteiger partial charge in [0.25, 0.3) is 0 Å². The molecular weight excluding hydrogens is 534 g/mol. The Morgan fingerprint density at radius 2 is 1.74 bits per heavy atom. The smallest absolute Gasteiger partial charge is 0.207 e. The summed E-state index contributed by atoms with van der Waals surface area (Å²) in [4.78, 5) is 6.12. The Hall–Kier alpha value is -2.88. The van der Waals surface area contributed by atoms with Crippen molar-refractivity contribution in [2.24, 2.45) is 5.10 Å². The summed E-state index contributed by atoms with van der Waals surface area (Å²) in [6, 6.07) is 16.2. The van der Waals surface area contributed by atoms with Crippen molar-refractivity contribution in [3.05, 3.63) is 74.2 Å². The van der Waals surface area contributed by atoms with Gasteiger partial charge in [0.2, 0.25) is 5.13 Å². The summed E-state index contributed by atoms with van der Waals surface area (Å²) in [6.07, 6.45) is 0.777. The Morgan fingerprint density at radius 3 is 2.44 bits per heavy atom. The number of aromatic nitrogens is 1. The number of ether oxygens (including phenoxy) is 3. The molecule has 9 heteroatoms. The number of hydrogen-bond donors (Lipinski definition) is 0. The molecule has 4 aromatic rings. The van der Waals surface area contributed by atoms with Crippen molar-refractivity contribution < 1.29 is 14.2 Å². The minimum Gasteiger partial charge on any atom is -0.496 e. The van der Waals surface area contributed by atoms with Gasteiger partial charge in [0.1, 0.15) is 5.75 Å². The number of thiophene rings is 1. The molecule has 0 saturated carbocycles. The van der Waals surface area contributed by atoms with Crippen LogP contribution in [0.15, 0.2) is 68.9 Å². The van der Waals surface area contributed by atoms with Crippen molar-refractivity contribution in [3.8, 4) is 28.5 Å². The van der Waals surface area contributed by atoms with Crippen molar-refractivity contribution in [2.75, 3.05) is 26.3 Å². The van der Waals surface area contributed by atoms with Crippen LogP contribution in [0.5, 0.6) is 17.2 Å². The molecule has 0 amide bonds. The fourth-order valence-electron chi connectivity index (χ4n) is 3.93. The van der Waals surface area contributed by atoms with Crippen LogP contribution in [0, 0.1) is 0 Å². The molecule has 6 nitrogen and oxygen atoms in total. The standard InChI is InChI=1S/C25H22BrN3O3S2/c1-30-21-8-6-15(11-17(21)26)19-14-34-25(27-19)29-20(13-18(28-29)24-5-4-10-33-24)16-7-9-22(31-2)23(12-16)32-3/h4-12,14,20H,13H2,1-3H3/t20-/m0/s1. The van der Waals surface area contributed by atoms with Gasteiger partial charge < -0.3 is 14.2 Å². The molecule has 1 aliphatic rings. The van der Waals surface area contributed by atoms with E-state index >= 15 is 0 Å². The third-order valence-electron chi connectivity index (χ3n) is 5.64. The Bertz CT molecular complexity index is 1340. The third-order valence-corrected chi connectivity index (χ3v) is 8.01. The summed E-state index contributed by atoms with van der Waals surface area (Å²) < 4.78 is 17.2. The highest BCUT2D eigenvalue weighted by Crippen LogP contribution is 2.42. The predicted molar refractivity (Wildman–Crippen MR) is 142 cm³/mol. The number of thiazole rings is 1. The highest BCUT2D eigenvalue weighted by Gasteiger charge is 2.32. The van der Waals surface area contributed by atoms with Crippen LogP contribution >= 0.6 is 38.6 Å². The second-order valence-electron chi connectivity index (χ2n) is 7.57. The lowest BCUT2D eigenvalue weighted by Gasteiger charge is -2.22. The maximum Gasteiger partial charge on any atom is 0.207 e. The number of methoxy groups -OCH3 is 3. The van der Waals surface area contributed by atoms with Crippen LogP contribution < -0.4 is 19.2 Å². The van der Waals surface area contributed by atoms with Gasteiger partial charge >= 0.3 is 0 Å². The van der Waals surface area contributed by atoms with Crippen molar-refractivity contribution in [1.82, 2.24) is 4.98 Å². The molecule has 0 bridgehead atoms. The normalized spacial score (nSPS) is 15.4. The topological polar surface area (TPSA) is 56.2 Å². The molecule has 0 saturated heterocycles. The lowest BCUT2D eigenvalue weighted by molar-refractivity contribution is 0.354. The number of hydrazone groups is 1. The summed E-state index contributed by atoms with van der Waals surface area (Å²) in [6.45, 7) is 0. The lowest BCUT2D eigenvalue weighted by atomic mass is 10.0. The molecule has 0 N–H and O–H groups in total. The van der Waals surface area contributed by atoms with E-state index in [1.165, 1.54) is 4.88 Å². The van der Waals surface area contributed by atoms with Crippen LogP contribution in [-0.4, -0.2) is 32.0 Å². The first-order valence-corrected chi connectivity index (χ1v) is 13.1. The summed E-state index contributed by atoms with van der Waals surface area (Å²) in [5, 5.41) is 12.0. The summed E-state index contributed by atoms with van der Waals surface area (Å²) in [5.74, 6) is 2.20. The van der Waals surface area contributed by atoms with Gasteiger partial charge in [-0.2, -0.15) is 5.10 Å². The van der Waals surface area contributed by atoms with Gasteiger partial charge in [0.15, 0.2) is 11.5 Å². The zero-order chi connectivity index (χ0) is 23.7. The highest BCUT2D eigenvalue weighted by molar-refractivity contribution is 9.10. The van der Waals surface area contributed by atoms with Gasteiger partial charge in [-0.05, 0) is 63.3 Å². The number of rotatable bonds is 7. The molecular formula is C25H22BrN3O3S2. The van der Waals surface area contributed by atoms with E-state index in [1.807, 2.05) is 35.3 Å². The van der Waals surface area contributed by atoms with Crippen LogP contribution in [0.4, 0.5) is 5.13 Å². The average molecular weight is 557 g/mol. The highest BCUT2D eigenvalue weighted by atomic mass is 79.9. The summed E-state index contributed by atoms with van der Waals surface area (Å²) in [5.41, 5.74) is 4.06. The van der Waals surface area contributed by atoms with Gasteiger partial charge in [-0.25, -0.2) is 9.99 Å². The first kappa shape index (κ1) is 22.9. The molecule has 5 rings (SSSR count). The van der Waals surface area contributed by atoms with Gasteiger partial charge in [-0.1, -0.05) is 12.1 Å². The van der Waals surface area contributed by atoms with Gasteiger partial charge in [0.05, 0.1) is 48.1 Å². The van der Waals surface area contributed by atoms with Crippen LogP contribution in [0.2, 0.25) is 0 Å². The summed E-state index contributed by atoms with van der Waals surface area (Å²) in [7, 11) is 4.96. The second kappa shape index (κ2) is 9.77. The van der Waals surface area contributed by atoms with E-state index in [2.05, 4.69) is 44.9 Å². The van der Waals surface area contributed by atoms with E-state index in [0.717, 1.165) is 44.3 Å². The molecule has 3 heterocycles. The monoisotopic (exact) mass is 555 g/mol. The lowest BCUT2D eigenvalue weighted by Crippen LogP contribution is -2.18. The number of nitrogens with zero attached hydrogens (tertiary/aromatic N) is 3. The van der Waals surface area contributed by atoms with Crippen molar-refractivity contribution in [2.45, 2.75) is 12.5 Å². The fraction of sp³-hybridized carbons (Fsp3) is 0.200. The quantitative estimate of drug-likeness (QED) is 0.245. The Morgan fingerprint density at radius 1 is 0.941 bits per heavy atom. The van der Waals surface area contributed by atoms with Crippen molar-refractivity contribution in [1.29, 1.82) is 0 Å². The van der Waals surface area contributed by atoms with E-state index in [-0.39, 0.29) is 6.04 Å². The second-order valence-corrected chi connectivity index (χ2v) is 10.2. The Balaban J connectivity index is 1.52. The fourth-order valence-corrected chi connectivity index (χ4v) is 6.02. The number of halogens is 1. The molecule has 0 spiro atoms. The zero-order valence-electron chi connectivity index (χ0n) is 18.8. The van der Waals surface area contributed by atoms with E-state index in [4.69, 9.17) is 24.3 Å². The molecule has 2 aromatic carbocycles. The maximum atomic E-state index is 5.56. The van der Waals surface area contributed by atoms with Gasteiger partial charge in [0, 0.05) is 17.4 Å². The molecule has 0 fully saturated rings. The first-order chi connectivity index (χ1) is 16.6. The van der Waals surface area contributed by atoms with Gasteiger partial charge in [-0.3, -0.25) is 0 Å². The average Bonchev–Trinajstić information content (AvgIpc) is 3.63. The number of benzene rings is 2. The molecule has 1 aliphatic heterocycles. The molecule has 2 aromatic heterocycles. The SMILES string of the molecule is COc1ccc(-c2csc(N3N=C(c4cccs4)C[C@H]3c3ccc(OC)c(OC)c3)n2)cc1Br. The molecule has 0 radical (unpaired) electrons. The van der Waals surface area contributed by atoms with E-state index in [1.54, 1.807) is 44.0 Å². The number of hydrogen-bond acceptors (Lipinski definition) is 8.